The second-order valence-electron chi connectivity index (χ2n) is 6.18. The lowest BCUT2D eigenvalue weighted by Crippen LogP contribution is -2.44. The Balaban J connectivity index is 1.47. The van der Waals surface area contributed by atoms with Gasteiger partial charge in [0.25, 0.3) is 0 Å². The highest BCUT2D eigenvalue weighted by Gasteiger charge is 2.31. The molecule has 1 aliphatic heterocycles. The summed E-state index contributed by atoms with van der Waals surface area (Å²) in [5.41, 5.74) is 1.87. The minimum Gasteiger partial charge on any atom is -0.467 e. The molecule has 0 spiro atoms. The highest BCUT2D eigenvalue weighted by Crippen LogP contribution is 2.22. The maximum Gasteiger partial charge on any atom is 0.246 e. The van der Waals surface area contributed by atoms with E-state index in [-0.39, 0.29) is 11.9 Å². The molecular weight excluding hydrogens is 322 g/mol. The van der Waals surface area contributed by atoms with Gasteiger partial charge < -0.3 is 14.3 Å². The molecule has 1 unspecified atom stereocenters. The molecule has 1 aliphatic rings. The summed E-state index contributed by atoms with van der Waals surface area (Å²) in [5, 5.41) is 11.3. The molecule has 4 heterocycles. The molecule has 130 valence electrons. The van der Waals surface area contributed by atoms with Gasteiger partial charge in [-0.25, -0.2) is 0 Å². The van der Waals surface area contributed by atoms with Gasteiger partial charge in [-0.2, -0.15) is 5.10 Å². The van der Waals surface area contributed by atoms with Crippen LogP contribution >= 0.6 is 0 Å². The van der Waals surface area contributed by atoms with Gasteiger partial charge >= 0.3 is 0 Å². The monoisotopic (exact) mass is 341 g/mol. The van der Waals surface area contributed by atoms with Gasteiger partial charge in [-0.1, -0.05) is 5.16 Å². The smallest absolute Gasteiger partial charge is 0.246 e. The average Bonchev–Trinajstić information content (AvgIpc) is 3.33. The number of fused-ring (bicyclic) bond motifs is 1. The number of amides is 1. The van der Waals surface area contributed by atoms with E-state index in [0.717, 1.165) is 22.9 Å². The van der Waals surface area contributed by atoms with Crippen molar-refractivity contribution in [3.8, 4) is 0 Å². The first kappa shape index (κ1) is 15.6. The number of carbonyl (C=O) groups is 1. The first-order valence-electron chi connectivity index (χ1n) is 8.16. The zero-order chi connectivity index (χ0) is 17.2. The molecule has 3 aromatic heterocycles. The molecule has 4 rings (SSSR count). The largest absolute Gasteiger partial charge is 0.467 e. The minimum absolute atomic E-state index is 0.0811. The van der Waals surface area contributed by atoms with E-state index in [4.69, 9.17) is 8.94 Å². The number of aryl methyl sites for hydroxylation is 1. The summed E-state index contributed by atoms with van der Waals surface area (Å²) < 4.78 is 12.2. The normalized spacial score (nSPS) is 17.4. The van der Waals surface area contributed by atoms with Crippen LogP contribution in [0.5, 0.6) is 0 Å². The summed E-state index contributed by atoms with van der Waals surface area (Å²) in [6.45, 7) is 4.14. The van der Waals surface area contributed by atoms with Crippen LogP contribution in [0.2, 0.25) is 0 Å². The number of nitrogens with one attached hydrogen (secondary N) is 1. The lowest BCUT2D eigenvalue weighted by atomic mass is 10.1. The summed E-state index contributed by atoms with van der Waals surface area (Å²) in [6, 6.07) is 7.10. The van der Waals surface area contributed by atoms with Gasteiger partial charge in [0.2, 0.25) is 5.91 Å². The number of rotatable bonds is 5. The summed E-state index contributed by atoms with van der Waals surface area (Å²) in [6.07, 6.45) is 3.32. The molecule has 0 fully saturated rings. The third-order valence-electron chi connectivity index (χ3n) is 4.25. The Hall–Kier alpha value is -2.87. The molecule has 1 amide bonds. The Morgan fingerprint density at radius 3 is 3.12 bits per heavy atom. The van der Waals surface area contributed by atoms with Crippen LogP contribution in [-0.4, -0.2) is 32.3 Å². The van der Waals surface area contributed by atoms with Crippen LogP contribution in [0.15, 0.2) is 45.7 Å². The number of carbonyl (C=O) groups excluding carboxylic acids is 1. The van der Waals surface area contributed by atoms with Gasteiger partial charge in [0.05, 0.1) is 24.2 Å². The highest BCUT2D eigenvalue weighted by atomic mass is 16.5. The van der Waals surface area contributed by atoms with Gasteiger partial charge in [0.1, 0.15) is 17.6 Å². The Bertz CT molecular complexity index is 851. The standard InChI is InChI=1S/C17H19N5O3/c1-12-7-13(20-25-12)9-21-10-14-4-5-19-22(14)16(11-21)17(23)18-8-15-3-2-6-24-15/h2-7,16H,8-11H2,1H3,(H,18,23). The van der Waals surface area contributed by atoms with Gasteiger partial charge in [-0.3, -0.25) is 14.4 Å². The fraction of sp³-hybridized carbons (Fsp3) is 0.353. The Kier molecular flexibility index (Phi) is 4.10. The average molecular weight is 341 g/mol. The van der Waals surface area contributed by atoms with Gasteiger partial charge in [-0.05, 0) is 25.1 Å². The number of hydrogen-bond donors (Lipinski definition) is 1. The molecule has 0 bridgehead atoms. The number of aromatic nitrogens is 3. The lowest BCUT2D eigenvalue weighted by Gasteiger charge is -2.32. The Labute approximate surface area is 144 Å². The van der Waals surface area contributed by atoms with Crippen LogP contribution in [0.1, 0.15) is 29.0 Å². The second-order valence-corrected chi connectivity index (χ2v) is 6.18. The van der Waals surface area contributed by atoms with Crippen LogP contribution in [0, 0.1) is 6.92 Å². The molecule has 8 nitrogen and oxygen atoms in total. The van der Waals surface area contributed by atoms with Crippen LogP contribution in [-0.2, 0) is 24.4 Å². The van der Waals surface area contributed by atoms with Crippen LogP contribution in [0.3, 0.4) is 0 Å². The molecule has 1 N–H and O–H groups in total. The molecule has 0 aliphatic carbocycles. The van der Waals surface area contributed by atoms with Crippen molar-refractivity contribution in [1.29, 1.82) is 0 Å². The zero-order valence-corrected chi connectivity index (χ0v) is 13.9. The molecule has 8 heteroatoms. The molecular formula is C17H19N5O3. The van der Waals surface area contributed by atoms with Crippen molar-refractivity contribution in [3.05, 3.63) is 59.6 Å². The molecule has 0 aromatic carbocycles. The van der Waals surface area contributed by atoms with E-state index in [1.807, 2.05) is 25.1 Å². The van der Waals surface area contributed by atoms with Gasteiger partial charge in [0.15, 0.2) is 0 Å². The zero-order valence-electron chi connectivity index (χ0n) is 13.9. The number of nitrogens with zero attached hydrogens (tertiary/aromatic N) is 4. The number of furan rings is 1. The van der Waals surface area contributed by atoms with Crippen molar-refractivity contribution in [2.24, 2.45) is 0 Å². The maximum atomic E-state index is 12.7. The highest BCUT2D eigenvalue weighted by molar-refractivity contribution is 5.80. The van der Waals surface area contributed by atoms with E-state index < -0.39 is 0 Å². The van der Waals surface area contributed by atoms with Crippen molar-refractivity contribution in [2.75, 3.05) is 6.54 Å². The van der Waals surface area contributed by atoms with Crippen LogP contribution < -0.4 is 5.32 Å². The van der Waals surface area contributed by atoms with Gasteiger partial charge in [-0.15, -0.1) is 0 Å². The van der Waals surface area contributed by atoms with E-state index in [1.54, 1.807) is 23.2 Å². The fourth-order valence-electron chi connectivity index (χ4n) is 3.10. The SMILES string of the molecule is Cc1cc(CN2Cc3ccnn3C(C(=O)NCc3ccco3)C2)no1. The fourth-order valence-corrected chi connectivity index (χ4v) is 3.10. The van der Waals surface area contributed by atoms with Crippen LogP contribution in [0.25, 0.3) is 0 Å². The molecule has 3 aromatic rings. The summed E-state index contributed by atoms with van der Waals surface area (Å²) in [4.78, 5) is 14.9. The quantitative estimate of drug-likeness (QED) is 0.759. The maximum absolute atomic E-state index is 12.7. The predicted molar refractivity (Wildman–Crippen MR) is 87.2 cm³/mol. The van der Waals surface area contributed by atoms with Crippen molar-refractivity contribution < 1.29 is 13.7 Å². The molecule has 0 saturated carbocycles. The molecule has 0 radical (unpaired) electrons. The van der Waals surface area contributed by atoms with Gasteiger partial charge in [0, 0.05) is 31.9 Å². The van der Waals surface area contributed by atoms with E-state index in [9.17, 15) is 4.79 Å². The Morgan fingerprint density at radius 1 is 1.44 bits per heavy atom. The molecule has 0 saturated heterocycles. The Morgan fingerprint density at radius 2 is 2.36 bits per heavy atom. The first-order valence-corrected chi connectivity index (χ1v) is 8.16. The third-order valence-corrected chi connectivity index (χ3v) is 4.25. The summed E-state index contributed by atoms with van der Waals surface area (Å²) in [5.74, 6) is 1.42. The summed E-state index contributed by atoms with van der Waals surface area (Å²) >= 11 is 0. The van der Waals surface area contributed by atoms with Crippen LogP contribution in [0.4, 0.5) is 0 Å². The first-order chi connectivity index (χ1) is 12.2. The van der Waals surface area contributed by atoms with E-state index in [2.05, 4.69) is 20.5 Å². The molecule has 1 atom stereocenters. The second kappa shape index (κ2) is 6.56. The van der Waals surface area contributed by atoms with Crippen molar-refractivity contribution in [3.63, 3.8) is 0 Å². The topological polar surface area (TPSA) is 89.3 Å². The van der Waals surface area contributed by atoms with Crippen molar-refractivity contribution >= 4 is 5.91 Å². The molecule has 25 heavy (non-hydrogen) atoms. The van der Waals surface area contributed by atoms with Crippen molar-refractivity contribution in [1.82, 2.24) is 25.2 Å². The van der Waals surface area contributed by atoms with E-state index in [1.165, 1.54) is 0 Å². The predicted octanol–water partition coefficient (Wildman–Crippen LogP) is 1.65. The minimum atomic E-state index is -0.387. The van der Waals surface area contributed by atoms with E-state index in [0.29, 0.717) is 26.2 Å². The lowest BCUT2D eigenvalue weighted by molar-refractivity contribution is -0.126. The van der Waals surface area contributed by atoms with E-state index >= 15 is 0 Å². The third kappa shape index (κ3) is 3.34. The van der Waals surface area contributed by atoms with Crippen molar-refractivity contribution in [2.45, 2.75) is 32.6 Å². The summed E-state index contributed by atoms with van der Waals surface area (Å²) in [7, 11) is 0. The number of hydrogen-bond acceptors (Lipinski definition) is 6.